The largest absolute Gasteiger partial charge is 0.370 e. The molecule has 2 atom stereocenters. The molecule has 9 heteroatoms. The first-order chi connectivity index (χ1) is 15.0. The van der Waals surface area contributed by atoms with E-state index in [-0.39, 0.29) is 42.9 Å². The summed E-state index contributed by atoms with van der Waals surface area (Å²) in [5.41, 5.74) is 14.4. The van der Waals surface area contributed by atoms with Gasteiger partial charge in [-0.1, -0.05) is 54.3 Å². The van der Waals surface area contributed by atoms with Gasteiger partial charge in [-0.25, -0.2) is 15.0 Å². The molecular weight excluding hydrogens is 479 g/mol. The van der Waals surface area contributed by atoms with E-state index in [1.807, 2.05) is 42.5 Å². The van der Waals surface area contributed by atoms with Crippen LogP contribution in [0.15, 0.2) is 47.5 Å². The number of hydrogen-bond donors (Lipinski definition) is 3. The molecule has 176 valence electrons. The Hall–Kier alpha value is -2.54. The smallest absolute Gasteiger partial charge is 0.186 e. The van der Waals surface area contributed by atoms with Gasteiger partial charge in [0.05, 0.1) is 17.6 Å². The minimum Gasteiger partial charge on any atom is -0.370 e. The van der Waals surface area contributed by atoms with E-state index < -0.39 is 0 Å². The lowest BCUT2D eigenvalue weighted by atomic mass is 9.90. The molecule has 2 aromatic carbocycles. The molecule has 0 bridgehead atoms. The van der Waals surface area contributed by atoms with E-state index in [1.54, 1.807) is 0 Å². The predicted molar refractivity (Wildman–Crippen MR) is 145 cm³/mol. The zero-order chi connectivity index (χ0) is 21.8. The summed E-state index contributed by atoms with van der Waals surface area (Å²) in [6.07, 6.45) is 8.12. The summed E-state index contributed by atoms with van der Waals surface area (Å²) in [4.78, 5) is 14.0. The van der Waals surface area contributed by atoms with E-state index in [2.05, 4.69) is 29.4 Å². The fourth-order valence-corrected chi connectivity index (χ4v) is 4.12. The van der Waals surface area contributed by atoms with Crippen LogP contribution in [0.3, 0.4) is 0 Å². The van der Waals surface area contributed by atoms with Gasteiger partial charge in [0.2, 0.25) is 0 Å². The second kappa shape index (κ2) is 12.1. The van der Waals surface area contributed by atoms with Crippen LogP contribution < -0.4 is 16.8 Å². The number of nitrogens with two attached hydrogens (primary N) is 2. The summed E-state index contributed by atoms with van der Waals surface area (Å²) < 4.78 is 0. The maximum Gasteiger partial charge on any atom is 0.186 e. The van der Waals surface area contributed by atoms with E-state index in [0.29, 0.717) is 10.8 Å². The fourth-order valence-electron chi connectivity index (χ4n) is 3.99. The second-order valence-electron chi connectivity index (χ2n) is 7.99. The Bertz CT molecular complexity index is 1130. The van der Waals surface area contributed by atoms with Crippen LogP contribution in [-0.2, 0) is 0 Å². The quantitative estimate of drug-likeness (QED) is 0.308. The van der Waals surface area contributed by atoms with Crippen molar-refractivity contribution in [2.45, 2.75) is 44.7 Å². The molecular formula is C24H29Cl3N6. The Balaban J connectivity index is 0.00000193. The third kappa shape index (κ3) is 6.97. The summed E-state index contributed by atoms with van der Waals surface area (Å²) in [5, 5.41) is 5.34. The zero-order valence-corrected chi connectivity index (χ0v) is 20.8. The lowest BCUT2D eigenvalue weighted by Gasteiger charge is -2.30. The average Bonchev–Trinajstić information content (AvgIpc) is 2.75. The number of anilines is 1. The molecule has 0 saturated heterocycles. The van der Waals surface area contributed by atoms with E-state index in [9.17, 15) is 0 Å². The highest BCUT2D eigenvalue weighted by Gasteiger charge is 2.26. The van der Waals surface area contributed by atoms with Gasteiger partial charge >= 0.3 is 0 Å². The summed E-state index contributed by atoms with van der Waals surface area (Å²) in [6.45, 7) is 2.07. The fraction of sp³-hybridized carbons (Fsp3) is 0.292. The number of hydrogen-bond acceptors (Lipinski definition) is 4. The lowest BCUT2D eigenvalue weighted by Crippen LogP contribution is -2.38. The minimum atomic E-state index is 0. The van der Waals surface area contributed by atoms with E-state index >= 15 is 0 Å². The van der Waals surface area contributed by atoms with E-state index in [4.69, 9.17) is 33.0 Å². The number of aryl methyl sites for hydroxylation is 1. The lowest BCUT2D eigenvalue weighted by molar-refractivity contribution is 0.405. The minimum absolute atomic E-state index is 0. The van der Waals surface area contributed by atoms with Gasteiger partial charge in [0.15, 0.2) is 11.8 Å². The van der Waals surface area contributed by atoms with Gasteiger partial charge in [-0.05, 0) is 55.7 Å². The monoisotopic (exact) mass is 506 g/mol. The third-order valence-corrected chi connectivity index (χ3v) is 5.78. The van der Waals surface area contributed by atoms with Crippen LogP contribution in [0, 0.1) is 6.92 Å². The van der Waals surface area contributed by atoms with Crippen LogP contribution in [0.4, 0.5) is 5.82 Å². The summed E-state index contributed by atoms with van der Waals surface area (Å²) in [6, 6.07) is 14.0. The Labute approximate surface area is 211 Å². The second-order valence-corrected chi connectivity index (χ2v) is 8.43. The maximum atomic E-state index is 5.98. The normalized spacial score (nSPS) is 17.8. The van der Waals surface area contributed by atoms with Gasteiger partial charge in [-0.2, -0.15) is 0 Å². The first kappa shape index (κ1) is 26.7. The molecule has 0 amide bonds. The molecule has 1 heterocycles. The molecule has 1 aliphatic carbocycles. The number of halogens is 3. The van der Waals surface area contributed by atoms with Crippen molar-refractivity contribution < 1.29 is 0 Å². The topological polar surface area (TPSA) is 102 Å². The Morgan fingerprint density at radius 2 is 1.76 bits per heavy atom. The molecule has 1 saturated carbocycles. The molecule has 33 heavy (non-hydrogen) atoms. The maximum absolute atomic E-state index is 5.98. The molecule has 5 N–H and O–H groups in total. The first-order valence-electron chi connectivity index (χ1n) is 10.6. The van der Waals surface area contributed by atoms with E-state index in [1.165, 1.54) is 0 Å². The van der Waals surface area contributed by atoms with Crippen LogP contribution in [0.1, 0.15) is 42.6 Å². The number of nitrogens with one attached hydrogen (secondary N) is 1. The number of aliphatic imine (C=N–C) groups is 1. The summed E-state index contributed by atoms with van der Waals surface area (Å²) in [7, 11) is 0. The van der Waals surface area contributed by atoms with Crippen LogP contribution in [0.5, 0.6) is 0 Å². The Kier molecular flexibility index (Phi) is 9.77. The van der Waals surface area contributed by atoms with Crippen molar-refractivity contribution in [3.63, 3.8) is 0 Å². The van der Waals surface area contributed by atoms with Crippen molar-refractivity contribution >= 4 is 71.2 Å². The molecule has 0 unspecified atom stereocenters. The van der Waals surface area contributed by atoms with Gasteiger partial charge in [0.1, 0.15) is 5.82 Å². The molecule has 1 fully saturated rings. The third-order valence-electron chi connectivity index (χ3n) is 5.53. The van der Waals surface area contributed by atoms with Crippen molar-refractivity contribution in [1.82, 2.24) is 9.97 Å². The highest BCUT2D eigenvalue weighted by atomic mass is 35.5. The van der Waals surface area contributed by atoms with Gasteiger partial charge in [-0.15, -0.1) is 24.8 Å². The number of guanidine groups is 1. The van der Waals surface area contributed by atoms with E-state index in [0.717, 1.165) is 53.5 Å². The SMILES string of the molecule is Cc1ccc2nc(C=Cc3ccc(Cl)cc3)nc(N[C@@H]3CCCC[C@@H]3N=C(N)N)c2c1.Cl.Cl. The first-order valence-corrected chi connectivity index (χ1v) is 10.9. The van der Waals surface area contributed by atoms with Gasteiger partial charge in [0, 0.05) is 10.4 Å². The van der Waals surface area contributed by atoms with Gasteiger partial charge in [0.25, 0.3) is 0 Å². The number of rotatable bonds is 5. The summed E-state index contributed by atoms with van der Waals surface area (Å²) in [5.74, 6) is 1.59. The Morgan fingerprint density at radius 1 is 1.03 bits per heavy atom. The molecule has 1 aliphatic rings. The Morgan fingerprint density at radius 3 is 2.48 bits per heavy atom. The number of aromatic nitrogens is 2. The van der Waals surface area contributed by atoms with Crippen molar-refractivity contribution in [1.29, 1.82) is 0 Å². The van der Waals surface area contributed by atoms with Crippen molar-refractivity contribution in [3.05, 3.63) is 64.4 Å². The van der Waals surface area contributed by atoms with Crippen LogP contribution in [-0.4, -0.2) is 28.0 Å². The van der Waals surface area contributed by atoms with Crippen LogP contribution in [0.2, 0.25) is 5.02 Å². The van der Waals surface area contributed by atoms with Crippen LogP contribution >= 0.6 is 36.4 Å². The number of fused-ring (bicyclic) bond motifs is 1. The highest BCUT2D eigenvalue weighted by molar-refractivity contribution is 6.30. The summed E-state index contributed by atoms with van der Waals surface area (Å²) >= 11 is 5.98. The number of benzene rings is 2. The molecule has 6 nitrogen and oxygen atoms in total. The van der Waals surface area contributed by atoms with Gasteiger partial charge in [-0.3, -0.25) is 0 Å². The molecule has 1 aromatic heterocycles. The molecule has 4 rings (SSSR count). The van der Waals surface area contributed by atoms with Crippen molar-refractivity contribution in [2.24, 2.45) is 16.5 Å². The average molecular weight is 508 g/mol. The van der Waals surface area contributed by atoms with Crippen LogP contribution in [0.25, 0.3) is 23.1 Å². The predicted octanol–water partition coefficient (Wildman–Crippen LogP) is 5.60. The van der Waals surface area contributed by atoms with Gasteiger partial charge < -0.3 is 16.8 Å². The molecule has 0 radical (unpaired) electrons. The standard InChI is InChI=1S/C24H27ClN6.2ClH/c1-15-6-12-19-18(14-15)23(29-20-4-2-3-5-21(20)30-24(26)27)31-22(28-19)13-9-16-7-10-17(25)11-8-16;;/h6-14,20-21H,2-5H2,1H3,(H4,26,27,30)(H,28,29,31);2*1H/t20-,21+;;/m1../s1. The number of nitrogens with zero attached hydrogens (tertiary/aromatic N) is 3. The zero-order valence-electron chi connectivity index (χ0n) is 18.4. The highest BCUT2D eigenvalue weighted by Crippen LogP contribution is 2.28. The van der Waals surface area contributed by atoms with Crippen molar-refractivity contribution in [2.75, 3.05) is 5.32 Å². The molecule has 0 spiro atoms. The molecule has 3 aromatic rings. The van der Waals surface area contributed by atoms with Crippen molar-refractivity contribution in [3.8, 4) is 0 Å². The molecule has 0 aliphatic heterocycles.